The van der Waals surface area contributed by atoms with E-state index in [-0.39, 0.29) is 5.97 Å². The molecule has 1 aliphatic rings. The molecule has 1 fully saturated rings. The average Bonchev–Trinajstić information content (AvgIpc) is 2.78. The van der Waals surface area contributed by atoms with E-state index >= 15 is 0 Å². The van der Waals surface area contributed by atoms with E-state index < -0.39 is 0 Å². The number of para-hydroxylation sites is 1. The van der Waals surface area contributed by atoms with Gasteiger partial charge in [0, 0.05) is 38.1 Å². The summed E-state index contributed by atoms with van der Waals surface area (Å²) < 4.78 is 5.06. The lowest BCUT2D eigenvalue weighted by atomic mass is 10.2. The van der Waals surface area contributed by atoms with E-state index in [0.717, 1.165) is 48.8 Å². The molecule has 156 valence electrons. The van der Waals surface area contributed by atoms with Gasteiger partial charge in [-0.05, 0) is 24.6 Å². The summed E-state index contributed by atoms with van der Waals surface area (Å²) in [5, 5.41) is 4.50. The SMILES string of the molecule is CCOC(=O)CN1CCN(c2nc(NCc3ccccc3)c3ccccc3n2)CC1. The topological polar surface area (TPSA) is 70.6 Å². The number of carbonyl (C=O) groups is 1. The van der Waals surface area contributed by atoms with Gasteiger partial charge < -0.3 is 15.0 Å². The monoisotopic (exact) mass is 405 g/mol. The zero-order chi connectivity index (χ0) is 20.8. The van der Waals surface area contributed by atoms with Crippen molar-refractivity contribution in [3.8, 4) is 0 Å². The lowest BCUT2D eigenvalue weighted by molar-refractivity contribution is -0.144. The zero-order valence-corrected chi connectivity index (χ0v) is 17.3. The standard InChI is InChI=1S/C23H27N5O2/c1-2-30-21(29)17-27-12-14-28(15-13-27)23-25-20-11-7-6-10-19(20)22(26-23)24-16-18-8-4-3-5-9-18/h3-11H,2,12-17H2,1H3,(H,24,25,26). The fraction of sp³-hybridized carbons (Fsp3) is 0.348. The Morgan fingerprint density at radius 2 is 1.73 bits per heavy atom. The van der Waals surface area contributed by atoms with Crippen molar-refractivity contribution < 1.29 is 9.53 Å². The zero-order valence-electron chi connectivity index (χ0n) is 17.3. The number of ether oxygens (including phenoxy) is 1. The van der Waals surface area contributed by atoms with Gasteiger partial charge in [0.05, 0.1) is 18.7 Å². The molecular formula is C23H27N5O2. The van der Waals surface area contributed by atoms with Crippen LogP contribution >= 0.6 is 0 Å². The first-order chi connectivity index (χ1) is 14.7. The highest BCUT2D eigenvalue weighted by molar-refractivity contribution is 5.90. The van der Waals surface area contributed by atoms with E-state index in [1.54, 1.807) is 0 Å². The van der Waals surface area contributed by atoms with Gasteiger partial charge in [0.15, 0.2) is 0 Å². The molecule has 0 unspecified atom stereocenters. The molecule has 7 nitrogen and oxygen atoms in total. The highest BCUT2D eigenvalue weighted by Crippen LogP contribution is 2.24. The van der Waals surface area contributed by atoms with Crippen molar-refractivity contribution in [1.82, 2.24) is 14.9 Å². The van der Waals surface area contributed by atoms with Gasteiger partial charge >= 0.3 is 5.97 Å². The molecule has 3 aromatic rings. The molecule has 0 spiro atoms. The van der Waals surface area contributed by atoms with Crippen LogP contribution in [0, 0.1) is 0 Å². The van der Waals surface area contributed by atoms with E-state index in [0.29, 0.717) is 19.7 Å². The van der Waals surface area contributed by atoms with Crippen molar-refractivity contribution in [2.24, 2.45) is 0 Å². The second-order valence-corrected chi connectivity index (χ2v) is 7.30. The van der Waals surface area contributed by atoms with E-state index in [1.807, 2.05) is 49.4 Å². The Hall–Kier alpha value is -3.19. The summed E-state index contributed by atoms with van der Waals surface area (Å²) in [5.74, 6) is 1.40. The van der Waals surface area contributed by atoms with Crippen molar-refractivity contribution in [2.45, 2.75) is 13.5 Å². The number of carbonyl (C=O) groups excluding carboxylic acids is 1. The highest BCUT2D eigenvalue weighted by atomic mass is 16.5. The summed E-state index contributed by atoms with van der Waals surface area (Å²) in [6.45, 7) is 6.40. The molecule has 2 heterocycles. The third-order valence-electron chi connectivity index (χ3n) is 5.21. The van der Waals surface area contributed by atoms with Gasteiger partial charge in [0.2, 0.25) is 5.95 Å². The van der Waals surface area contributed by atoms with Crippen LogP contribution in [0.15, 0.2) is 54.6 Å². The molecule has 0 aliphatic carbocycles. The molecule has 1 aromatic heterocycles. The van der Waals surface area contributed by atoms with Gasteiger partial charge in [0.1, 0.15) is 5.82 Å². The Bertz CT molecular complexity index is 987. The number of rotatable bonds is 7. The van der Waals surface area contributed by atoms with Crippen LogP contribution in [-0.2, 0) is 16.1 Å². The Labute approximate surface area is 176 Å². The first-order valence-electron chi connectivity index (χ1n) is 10.4. The van der Waals surface area contributed by atoms with Crippen molar-refractivity contribution in [3.05, 3.63) is 60.2 Å². The lowest BCUT2D eigenvalue weighted by Gasteiger charge is -2.34. The van der Waals surface area contributed by atoms with E-state index in [9.17, 15) is 4.79 Å². The molecule has 0 bridgehead atoms. The third-order valence-corrected chi connectivity index (χ3v) is 5.21. The molecule has 30 heavy (non-hydrogen) atoms. The van der Waals surface area contributed by atoms with Gasteiger partial charge in [-0.1, -0.05) is 42.5 Å². The van der Waals surface area contributed by atoms with Crippen LogP contribution in [0.3, 0.4) is 0 Å². The van der Waals surface area contributed by atoms with Gasteiger partial charge in [0.25, 0.3) is 0 Å². The van der Waals surface area contributed by atoms with Crippen molar-refractivity contribution in [2.75, 3.05) is 49.5 Å². The van der Waals surface area contributed by atoms with Crippen molar-refractivity contribution in [3.63, 3.8) is 0 Å². The summed E-state index contributed by atoms with van der Waals surface area (Å²) in [5.41, 5.74) is 2.13. The van der Waals surface area contributed by atoms with Gasteiger partial charge in [-0.2, -0.15) is 4.98 Å². The Morgan fingerprint density at radius 1 is 1.00 bits per heavy atom. The molecule has 4 rings (SSSR count). The minimum atomic E-state index is -0.166. The maximum Gasteiger partial charge on any atom is 0.320 e. The molecule has 0 atom stereocenters. The Balaban J connectivity index is 1.48. The number of anilines is 2. The number of fused-ring (bicyclic) bond motifs is 1. The van der Waals surface area contributed by atoms with Gasteiger partial charge in [-0.3, -0.25) is 9.69 Å². The molecule has 7 heteroatoms. The van der Waals surface area contributed by atoms with Crippen LogP contribution in [0.1, 0.15) is 12.5 Å². The number of nitrogens with one attached hydrogen (secondary N) is 1. The minimum Gasteiger partial charge on any atom is -0.465 e. The van der Waals surface area contributed by atoms with Crippen LogP contribution in [-0.4, -0.2) is 60.2 Å². The predicted molar refractivity (Wildman–Crippen MR) is 119 cm³/mol. The fourth-order valence-electron chi connectivity index (χ4n) is 3.62. The normalized spacial score (nSPS) is 14.6. The second kappa shape index (κ2) is 9.54. The number of esters is 1. The molecule has 2 aromatic carbocycles. The van der Waals surface area contributed by atoms with Gasteiger partial charge in [-0.15, -0.1) is 0 Å². The highest BCUT2D eigenvalue weighted by Gasteiger charge is 2.22. The summed E-state index contributed by atoms with van der Waals surface area (Å²) in [4.78, 5) is 25.7. The molecule has 1 N–H and O–H groups in total. The number of piperazine rings is 1. The van der Waals surface area contributed by atoms with Crippen LogP contribution in [0.4, 0.5) is 11.8 Å². The van der Waals surface area contributed by atoms with Crippen LogP contribution < -0.4 is 10.2 Å². The Morgan fingerprint density at radius 3 is 2.50 bits per heavy atom. The first-order valence-corrected chi connectivity index (χ1v) is 10.4. The van der Waals surface area contributed by atoms with E-state index in [2.05, 4.69) is 27.2 Å². The third kappa shape index (κ3) is 4.86. The summed E-state index contributed by atoms with van der Waals surface area (Å²) in [6, 6.07) is 18.4. The van der Waals surface area contributed by atoms with Gasteiger partial charge in [-0.25, -0.2) is 4.98 Å². The molecule has 1 aliphatic heterocycles. The average molecular weight is 406 g/mol. The molecule has 0 saturated carbocycles. The number of hydrogen-bond acceptors (Lipinski definition) is 7. The molecule has 0 radical (unpaired) electrons. The summed E-state index contributed by atoms with van der Waals surface area (Å²) >= 11 is 0. The number of hydrogen-bond donors (Lipinski definition) is 1. The van der Waals surface area contributed by atoms with Crippen molar-refractivity contribution >= 4 is 28.6 Å². The predicted octanol–water partition coefficient (Wildman–Crippen LogP) is 2.93. The number of benzene rings is 2. The Kier molecular flexibility index (Phi) is 6.39. The molecule has 1 saturated heterocycles. The van der Waals surface area contributed by atoms with Crippen LogP contribution in [0.2, 0.25) is 0 Å². The molecular weight excluding hydrogens is 378 g/mol. The van der Waals surface area contributed by atoms with Crippen molar-refractivity contribution in [1.29, 1.82) is 0 Å². The summed E-state index contributed by atoms with van der Waals surface area (Å²) in [7, 11) is 0. The minimum absolute atomic E-state index is 0.166. The van der Waals surface area contributed by atoms with Crippen LogP contribution in [0.5, 0.6) is 0 Å². The second-order valence-electron chi connectivity index (χ2n) is 7.30. The summed E-state index contributed by atoms with van der Waals surface area (Å²) in [6.07, 6.45) is 0. The molecule has 0 amide bonds. The maximum atomic E-state index is 11.7. The fourth-order valence-corrected chi connectivity index (χ4v) is 3.62. The number of nitrogens with zero attached hydrogens (tertiary/aromatic N) is 4. The smallest absolute Gasteiger partial charge is 0.320 e. The lowest BCUT2D eigenvalue weighted by Crippen LogP contribution is -2.48. The largest absolute Gasteiger partial charge is 0.465 e. The van der Waals surface area contributed by atoms with E-state index in [4.69, 9.17) is 14.7 Å². The first kappa shape index (κ1) is 20.1. The van der Waals surface area contributed by atoms with Crippen LogP contribution in [0.25, 0.3) is 10.9 Å². The maximum absolute atomic E-state index is 11.7. The van der Waals surface area contributed by atoms with E-state index in [1.165, 1.54) is 5.56 Å². The quantitative estimate of drug-likeness (QED) is 0.606. The number of aromatic nitrogens is 2.